The Morgan fingerprint density at radius 2 is 1.93 bits per heavy atom. The number of hydrogen-bond acceptors (Lipinski definition) is 5. The summed E-state index contributed by atoms with van der Waals surface area (Å²) in [5.41, 5.74) is 8.73. The van der Waals surface area contributed by atoms with Gasteiger partial charge in [0.15, 0.2) is 0 Å². The lowest BCUT2D eigenvalue weighted by molar-refractivity contribution is -0.143. The zero-order chi connectivity index (χ0) is 29.4. The van der Waals surface area contributed by atoms with Crippen molar-refractivity contribution in [3.05, 3.63) is 71.2 Å². The van der Waals surface area contributed by atoms with Gasteiger partial charge in [0.1, 0.15) is 11.9 Å². The Hall–Kier alpha value is -3.72. The molecule has 0 bridgehead atoms. The van der Waals surface area contributed by atoms with Crippen molar-refractivity contribution in [2.24, 2.45) is 5.73 Å². The van der Waals surface area contributed by atoms with Crippen molar-refractivity contribution in [1.29, 1.82) is 0 Å². The highest BCUT2D eigenvalue weighted by Gasteiger charge is 2.47. The van der Waals surface area contributed by atoms with E-state index in [1.807, 2.05) is 24.0 Å². The number of nitrogens with zero attached hydrogens (tertiary/aromatic N) is 1. The molecule has 3 aromatic rings. The molecule has 8 nitrogen and oxygen atoms in total. The maximum absolute atomic E-state index is 14.0. The highest BCUT2D eigenvalue weighted by molar-refractivity contribution is 5.92. The van der Waals surface area contributed by atoms with Crippen LogP contribution in [0, 0.1) is 5.82 Å². The Balaban J connectivity index is 1.34. The molecular weight excluding hydrogens is 523 g/mol. The molecule has 5 rings (SSSR count). The lowest BCUT2D eigenvalue weighted by Crippen LogP contribution is -2.58. The Morgan fingerprint density at radius 3 is 2.63 bits per heavy atom. The predicted molar refractivity (Wildman–Crippen MR) is 155 cm³/mol. The maximum Gasteiger partial charge on any atom is 0.306 e. The van der Waals surface area contributed by atoms with Crippen LogP contribution in [0.2, 0.25) is 0 Å². The van der Waals surface area contributed by atoms with Gasteiger partial charge in [-0.2, -0.15) is 0 Å². The van der Waals surface area contributed by atoms with E-state index in [-0.39, 0.29) is 35.4 Å². The number of amides is 2. The normalized spacial score (nSPS) is 18.8. The van der Waals surface area contributed by atoms with Gasteiger partial charge < -0.3 is 25.7 Å². The molecular formula is C32H39FN4O4. The van der Waals surface area contributed by atoms with Gasteiger partial charge in [0.2, 0.25) is 11.8 Å². The van der Waals surface area contributed by atoms with E-state index < -0.39 is 17.5 Å². The van der Waals surface area contributed by atoms with E-state index >= 15 is 0 Å². The van der Waals surface area contributed by atoms with Crippen LogP contribution >= 0.6 is 0 Å². The molecule has 1 saturated heterocycles. The largest absolute Gasteiger partial charge is 0.466 e. The van der Waals surface area contributed by atoms with Crippen LogP contribution in [0.25, 0.3) is 10.9 Å². The summed E-state index contributed by atoms with van der Waals surface area (Å²) in [6, 6.07) is 11.9. The summed E-state index contributed by atoms with van der Waals surface area (Å²) in [5.74, 6) is -1.07. The van der Waals surface area contributed by atoms with Crippen LogP contribution in [0.1, 0.15) is 69.1 Å². The molecule has 1 spiro atoms. The smallest absolute Gasteiger partial charge is 0.306 e. The average molecular weight is 563 g/mol. The molecule has 0 unspecified atom stereocenters. The molecule has 2 amide bonds. The number of carbonyl (C=O) groups excluding carboxylic acids is 3. The number of carbonyl (C=O) groups is 3. The minimum absolute atomic E-state index is 0.0913. The Morgan fingerprint density at radius 1 is 1.20 bits per heavy atom. The minimum Gasteiger partial charge on any atom is -0.466 e. The summed E-state index contributed by atoms with van der Waals surface area (Å²) in [5, 5.41) is 3.55. The Labute approximate surface area is 239 Å². The van der Waals surface area contributed by atoms with Crippen molar-refractivity contribution in [3.63, 3.8) is 0 Å². The number of aromatic nitrogens is 1. The number of rotatable bonds is 8. The van der Waals surface area contributed by atoms with Gasteiger partial charge in [-0.1, -0.05) is 24.3 Å². The second-order valence-electron chi connectivity index (χ2n) is 12.1. The van der Waals surface area contributed by atoms with Crippen molar-refractivity contribution in [3.8, 4) is 0 Å². The number of nitrogens with two attached hydrogens (primary N) is 1. The van der Waals surface area contributed by atoms with E-state index in [1.54, 1.807) is 26.1 Å². The summed E-state index contributed by atoms with van der Waals surface area (Å²) >= 11 is 0. The molecule has 1 aliphatic carbocycles. The SMILES string of the molecule is CCOC(=O)C[C@H]1CC2(CCN(C(=O)[C@@H](Cc3c[nH]c4ccc(F)cc34)NC(=O)C(C)(C)N)CC2)c2ccccc21. The highest BCUT2D eigenvalue weighted by atomic mass is 19.1. The summed E-state index contributed by atoms with van der Waals surface area (Å²) < 4.78 is 19.3. The van der Waals surface area contributed by atoms with Crippen LogP contribution in [0.4, 0.5) is 4.39 Å². The number of hydrogen-bond donors (Lipinski definition) is 3. The maximum atomic E-state index is 14.0. The molecule has 0 saturated carbocycles. The standard InChI is InChI=1S/C32H39FN4O4/c1-4-41-28(38)16-20-18-32(25-8-6-5-7-23(20)25)11-13-37(14-12-32)29(39)27(36-30(40)31(2,3)34)15-21-19-35-26-10-9-22(33)17-24(21)26/h5-10,17,19-20,27,35H,4,11-16,18,34H2,1-3H3,(H,36,40)/t20-,27+/m0/s1. The summed E-state index contributed by atoms with van der Waals surface area (Å²) in [4.78, 5) is 44.1. The molecule has 41 heavy (non-hydrogen) atoms. The third-order valence-corrected chi connectivity index (χ3v) is 8.70. The summed E-state index contributed by atoms with van der Waals surface area (Å²) in [6.45, 7) is 6.43. The number of esters is 1. The number of ether oxygens (including phenoxy) is 1. The highest BCUT2D eigenvalue weighted by Crippen LogP contribution is 2.52. The van der Waals surface area contributed by atoms with Crippen molar-refractivity contribution >= 4 is 28.7 Å². The van der Waals surface area contributed by atoms with Crippen LogP contribution in [0.3, 0.4) is 0 Å². The first-order valence-corrected chi connectivity index (χ1v) is 14.4. The zero-order valence-electron chi connectivity index (χ0n) is 24.0. The number of halogens is 1. The van der Waals surface area contributed by atoms with Crippen LogP contribution in [0.5, 0.6) is 0 Å². The van der Waals surface area contributed by atoms with Gasteiger partial charge in [0, 0.05) is 36.6 Å². The molecule has 2 heterocycles. The second kappa shape index (κ2) is 11.3. The number of aromatic amines is 1. The first-order chi connectivity index (χ1) is 19.5. The fraction of sp³-hybridized carbons (Fsp3) is 0.469. The van der Waals surface area contributed by atoms with E-state index in [4.69, 9.17) is 10.5 Å². The molecule has 1 aliphatic heterocycles. The van der Waals surface area contributed by atoms with E-state index in [2.05, 4.69) is 22.4 Å². The number of nitrogens with one attached hydrogen (secondary N) is 2. The van der Waals surface area contributed by atoms with Crippen LogP contribution in [0.15, 0.2) is 48.7 Å². The second-order valence-corrected chi connectivity index (χ2v) is 12.1. The third kappa shape index (κ3) is 5.86. The van der Waals surface area contributed by atoms with E-state index in [0.29, 0.717) is 31.5 Å². The van der Waals surface area contributed by atoms with Crippen molar-refractivity contribution in [2.45, 2.75) is 75.8 Å². The molecule has 0 radical (unpaired) electrons. The van der Waals surface area contributed by atoms with E-state index in [0.717, 1.165) is 30.3 Å². The number of likely N-dealkylation sites (tertiary alicyclic amines) is 1. The van der Waals surface area contributed by atoms with Gasteiger partial charge in [0.25, 0.3) is 0 Å². The van der Waals surface area contributed by atoms with Crippen molar-refractivity contribution in [1.82, 2.24) is 15.2 Å². The lowest BCUT2D eigenvalue weighted by atomic mass is 9.73. The number of H-pyrrole nitrogens is 1. The van der Waals surface area contributed by atoms with Gasteiger partial charge in [0.05, 0.1) is 18.6 Å². The van der Waals surface area contributed by atoms with Crippen molar-refractivity contribution < 1.29 is 23.5 Å². The van der Waals surface area contributed by atoms with Crippen LogP contribution in [-0.2, 0) is 31.0 Å². The third-order valence-electron chi connectivity index (χ3n) is 8.70. The zero-order valence-corrected chi connectivity index (χ0v) is 24.0. The van der Waals surface area contributed by atoms with Crippen LogP contribution in [-0.4, -0.2) is 58.9 Å². The molecule has 2 aromatic carbocycles. The van der Waals surface area contributed by atoms with E-state index in [1.165, 1.54) is 23.3 Å². The number of fused-ring (bicyclic) bond motifs is 3. The fourth-order valence-corrected chi connectivity index (χ4v) is 6.56. The molecule has 1 fully saturated rings. The van der Waals surface area contributed by atoms with Gasteiger partial charge in [-0.3, -0.25) is 14.4 Å². The Bertz CT molecular complexity index is 1450. The predicted octanol–water partition coefficient (Wildman–Crippen LogP) is 4.07. The van der Waals surface area contributed by atoms with Gasteiger partial charge in [-0.25, -0.2) is 4.39 Å². The van der Waals surface area contributed by atoms with Crippen molar-refractivity contribution in [2.75, 3.05) is 19.7 Å². The lowest BCUT2D eigenvalue weighted by Gasteiger charge is -2.41. The number of benzene rings is 2. The van der Waals surface area contributed by atoms with Gasteiger partial charge in [-0.05, 0) is 86.3 Å². The van der Waals surface area contributed by atoms with Crippen LogP contribution < -0.4 is 11.1 Å². The molecule has 4 N–H and O–H groups in total. The Kier molecular flexibility index (Phi) is 7.92. The molecule has 218 valence electrons. The number of piperidine rings is 1. The minimum atomic E-state index is -1.17. The van der Waals surface area contributed by atoms with Gasteiger partial charge in [-0.15, -0.1) is 0 Å². The molecule has 1 aromatic heterocycles. The molecule has 9 heteroatoms. The van der Waals surface area contributed by atoms with E-state index in [9.17, 15) is 18.8 Å². The van der Waals surface area contributed by atoms with Gasteiger partial charge >= 0.3 is 5.97 Å². The molecule has 2 atom stereocenters. The average Bonchev–Trinajstić information content (AvgIpc) is 3.46. The fourth-order valence-electron chi connectivity index (χ4n) is 6.56. The topological polar surface area (TPSA) is 118 Å². The summed E-state index contributed by atoms with van der Waals surface area (Å²) in [6.07, 6.45) is 4.68. The first-order valence-electron chi connectivity index (χ1n) is 14.4. The quantitative estimate of drug-likeness (QED) is 0.358. The summed E-state index contributed by atoms with van der Waals surface area (Å²) in [7, 11) is 0. The monoisotopic (exact) mass is 562 g/mol. The molecule has 2 aliphatic rings. The first kappa shape index (κ1) is 28.8.